The van der Waals surface area contributed by atoms with E-state index in [0.29, 0.717) is 0 Å². The summed E-state index contributed by atoms with van der Waals surface area (Å²) in [6.07, 6.45) is 0. The highest BCUT2D eigenvalue weighted by molar-refractivity contribution is 8.00. The van der Waals surface area contributed by atoms with Crippen LogP contribution in [0.1, 0.15) is 0 Å². The summed E-state index contributed by atoms with van der Waals surface area (Å²) in [6, 6.07) is 7.32. The summed E-state index contributed by atoms with van der Waals surface area (Å²) in [6.45, 7) is -0.334. The van der Waals surface area contributed by atoms with Crippen LogP contribution in [-0.4, -0.2) is 31.3 Å². The molecule has 0 atom stereocenters. The SMILES string of the molecule is COc1ccc(SCC(=O)NOCC(N)=O)cc1. The van der Waals surface area contributed by atoms with E-state index in [9.17, 15) is 9.59 Å². The molecule has 1 aromatic rings. The summed E-state index contributed by atoms with van der Waals surface area (Å²) >= 11 is 1.34. The van der Waals surface area contributed by atoms with Crippen molar-refractivity contribution < 1.29 is 19.2 Å². The predicted molar refractivity (Wildman–Crippen MR) is 67.0 cm³/mol. The number of nitrogens with one attached hydrogen (secondary N) is 1. The smallest absolute Gasteiger partial charge is 0.253 e. The molecule has 0 radical (unpaired) electrons. The van der Waals surface area contributed by atoms with Gasteiger partial charge in [-0.25, -0.2) is 5.48 Å². The standard InChI is InChI=1S/C11H14N2O4S/c1-16-8-2-4-9(5-3-8)18-7-11(15)13-17-6-10(12)14/h2-5H,6-7H2,1H3,(H2,12,14)(H,13,15). The third-order valence-electron chi connectivity index (χ3n) is 1.83. The van der Waals surface area contributed by atoms with Crippen LogP contribution < -0.4 is 16.0 Å². The minimum Gasteiger partial charge on any atom is -0.497 e. The van der Waals surface area contributed by atoms with E-state index in [-0.39, 0.29) is 18.3 Å². The molecular formula is C11H14N2O4S. The lowest BCUT2D eigenvalue weighted by atomic mass is 10.3. The summed E-state index contributed by atoms with van der Waals surface area (Å²) in [5.74, 6) is -0.0331. The van der Waals surface area contributed by atoms with Crippen molar-refractivity contribution in [2.24, 2.45) is 5.73 Å². The first kappa shape index (κ1) is 14.3. The van der Waals surface area contributed by atoms with E-state index in [2.05, 4.69) is 10.3 Å². The van der Waals surface area contributed by atoms with Crippen LogP contribution in [0.15, 0.2) is 29.2 Å². The maximum atomic E-state index is 11.3. The van der Waals surface area contributed by atoms with Crippen LogP contribution in [-0.2, 0) is 14.4 Å². The zero-order valence-electron chi connectivity index (χ0n) is 9.84. The summed E-state index contributed by atoms with van der Waals surface area (Å²) < 4.78 is 5.02. The Hall–Kier alpha value is -1.73. The van der Waals surface area contributed by atoms with Crippen molar-refractivity contribution in [1.29, 1.82) is 0 Å². The van der Waals surface area contributed by atoms with Gasteiger partial charge in [-0.3, -0.25) is 14.4 Å². The molecule has 1 rings (SSSR count). The molecule has 0 unspecified atom stereocenters. The number of amides is 2. The number of nitrogens with two attached hydrogens (primary N) is 1. The van der Waals surface area contributed by atoms with Gasteiger partial charge < -0.3 is 10.5 Å². The van der Waals surface area contributed by atoms with Crippen molar-refractivity contribution in [3.63, 3.8) is 0 Å². The Bertz CT molecular complexity index is 408. The minimum absolute atomic E-state index is 0.186. The molecule has 0 aromatic heterocycles. The second kappa shape index (κ2) is 7.57. The van der Waals surface area contributed by atoms with E-state index in [4.69, 9.17) is 10.5 Å². The van der Waals surface area contributed by atoms with E-state index in [1.54, 1.807) is 7.11 Å². The summed E-state index contributed by atoms with van der Waals surface area (Å²) in [4.78, 5) is 27.1. The van der Waals surface area contributed by atoms with E-state index in [1.807, 2.05) is 24.3 Å². The average molecular weight is 270 g/mol. The van der Waals surface area contributed by atoms with Crippen molar-refractivity contribution in [2.45, 2.75) is 4.90 Å². The summed E-state index contributed by atoms with van der Waals surface area (Å²) in [5.41, 5.74) is 6.96. The fourth-order valence-electron chi connectivity index (χ4n) is 1.04. The first-order chi connectivity index (χ1) is 8.61. The lowest BCUT2D eigenvalue weighted by Gasteiger charge is -2.05. The summed E-state index contributed by atoms with van der Waals surface area (Å²) in [5, 5.41) is 0. The van der Waals surface area contributed by atoms with Crippen molar-refractivity contribution in [2.75, 3.05) is 19.5 Å². The highest BCUT2D eigenvalue weighted by Crippen LogP contribution is 2.20. The van der Waals surface area contributed by atoms with Gasteiger partial charge in [-0.15, -0.1) is 11.8 Å². The number of primary amides is 1. The largest absolute Gasteiger partial charge is 0.497 e. The molecule has 3 N–H and O–H groups in total. The zero-order chi connectivity index (χ0) is 13.4. The number of rotatable bonds is 7. The number of thioether (sulfide) groups is 1. The molecule has 2 amide bonds. The second-order valence-electron chi connectivity index (χ2n) is 3.24. The number of carbonyl (C=O) groups excluding carboxylic acids is 2. The van der Waals surface area contributed by atoms with E-state index >= 15 is 0 Å². The maximum absolute atomic E-state index is 11.3. The van der Waals surface area contributed by atoms with Crippen molar-refractivity contribution in [3.8, 4) is 5.75 Å². The van der Waals surface area contributed by atoms with Gasteiger partial charge in [-0.05, 0) is 24.3 Å². The molecule has 0 aliphatic heterocycles. The fraction of sp³-hybridized carbons (Fsp3) is 0.273. The lowest BCUT2D eigenvalue weighted by Crippen LogP contribution is -2.30. The Morgan fingerprint density at radius 1 is 1.33 bits per heavy atom. The van der Waals surface area contributed by atoms with Crippen LogP contribution in [0, 0.1) is 0 Å². The van der Waals surface area contributed by atoms with Crippen LogP contribution in [0.2, 0.25) is 0 Å². The molecule has 98 valence electrons. The zero-order valence-corrected chi connectivity index (χ0v) is 10.7. The van der Waals surface area contributed by atoms with Gasteiger partial charge in [-0.1, -0.05) is 0 Å². The van der Waals surface area contributed by atoms with E-state index in [1.165, 1.54) is 11.8 Å². The third-order valence-corrected chi connectivity index (χ3v) is 2.84. The number of hydroxylamine groups is 1. The molecule has 6 nitrogen and oxygen atoms in total. The Morgan fingerprint density at radius 3 is 2.56 bits per heavy atom. The van der Waals surface area contributed by atoms with Gasteiger partial charge in [0, 0.05) is 4.90 Å². The average Bonchev–Trinajstić information content (AvgIpc) is 2.36. The summed E-state index contributed by atoms with van der Waals surface area (Å²) in [7, 11) is 1.59. The van der Waals surface area contributed by atoms with Crippen LogP contribution in [0.5, 0.6) is 5.75 Å². The number of hydrogen-bond donors (Lipinski definition) is 2. The first-order valence-corrected chi connectivity index (χ1v) is 6.06. The Labute approximate surface area is 109 Å². The number of methoxy groups -OCH3 is 1. The highest BCUT2D eigenvalue weighted by Gasteiger charge is 2.04. The third kappa shape index (κ3) is 5.55. The van der Waals surface area contributed by atoms with Crippen molar-refractivity contribution in [3.05, 3.63) is 24.3 Å². The molecule has 0 saturated carbocycles. The van der Waals surface area contributed by atoms with Crippen LogP contribution in [0.4, 0.5) is 0 Å². The molecule has 0 fully saturated rings. The van der Waals surface area contributed by atoms with E-state index < -0.39 is 5.91 Å². The molecule has 0 aliphatic rings. The molecule has 1 aromatic carbocycles. The minimum atomic E-state index is -0.641. The predicted octanol–water partition coefficient (Wildman–Crippen LogP) is 0.320. The molecule has 0 heterocycles. The monoisotopic (exact) mass is 270 g/mol. The number of hydrogen-bond acceptors (Lipinski definition) is 5. The molecule has 0 saturated heterocycles. The molecule has 7 heteroatoms. The van der Waals surface area contributed by atoms with Crippen LogP contribution >= 0.6 is 11.8 Å². The number of carbonyl (C=O) groups is 2. The number of benzene rings is 1. The van der Waals surface area contributed by atoms with E-state index in [0.717, 1.165) is 10.6 Å². The lowest BCUT2D eigenvalue weighted by molar-refractivity contribution is -0.135. The first-order valence-electron chi connectivity index (χ1n) is 5.07. The Balaban J connectivity index is 2.26. The molecule has 18 heavy (non-hydrogen) atoms. The van der Waals surface area contributed by atoms with Crippen molar-refractivity contribution >= 4 is 23.6 Å². The Kier molecular flexibility index (Phi) is 6.03. The van der Waals surface area contributed by atoms with Crippen molar-refractivity contribution in [1.82, 2.24) is 5.48 Å². The topological polar surface area (TPSA) is 90.7 Å². The van der Waals surface area contributed by atoms with Gasteiger partial charge >= 0.3 is 0 Å². The van der Waals surface area contributed by atoms with Gasteiger partial charge in [0.05, 0.1) is 12.9 Å². The van der Waals surface area contributed by atoms with Gasteiger partial charge in [0.15, 0.2) is 6.61 Å². The second-order valence-corrected chi connectivity index (χ2v) is 4.29. The number of ether oxygens (including phenoxy) is 1. The highest BCUT2D eigenvalue weighted by atomic mass is 32.2. The van der Waals surface area contributed by atoms with Gasteiger partial charge in [-0.2, -0.15) is 0 Å². The van der Waals surface area contributed by atoms with Crippen LogP contribution in [0.3, 0.4) is 0 Å². The quantitative estimate of drug-likeness (QED) is 0.550. The van der Waals surface area contributed by atoms with Crippen LogP contribution in [0.25, 0.3) is 0 Å². The normalized spacial score (nSPS) is 9.83. The molecule has 0 bridgehead atoms. The van der Waals surface area contributed by atoms with Gasteiger partial charge in [0.25, 0.3) is 5.91 Å². The fourth-order valence-corrected chi connectivity index (χ4v) is 1.72. The van der Waals surface area contributed by atoms with Gasteiger partial charge in [0.1, 0.15) is 5.75 Å². The molecule has 0 aliphatic carbocycles. The molecule has 0 spiro atoms. The Morgan fingerprint density at radius 2 is 2.00 bits per heavy atom. The van der Waals surface area contributed by atoms with Gasteiger partial charge in [0.2, 0.25) is 5.91 Å². The molecular weight excluding hydrogens is 256 g/mol. The maximum Gasteiger partial charge on any atom is 0.253 e.